The molecule has 1 aromatic carbocycles. The molecule has 0 spiro atoms. The van der Waals surface area contributed by atoms with Crippen LogP contribution in [0.15, 0.2) is 42.5 Å². The molecule has 2 saturated heterocycles. The van der Waals surface area contributed by atoms with E-state index >= 15 is 0 Å². The number of likely N-dealkylation sites (tertiary alicyclic amines) is 1. The molecule has 1 saturated carbocycles. The Morgan fingerprint density at radius 2 is 1.55 bits per heavy atom. The summed E-state index contributed by atoms with van der Waals surface area (Å²) in [5.74, 6) is -3.42. The van der Waals surface area contributed by atoms with Gasteiger partial charge in [0.05, 0.1) is 17.9 Å². The molecule has 3 fully saturated rings. The third kappa shape index (κ3) is 6.93. The standard InChI is InChI=1S/C29H32Cl3N3O9/c1-28(2,3)42-26(39)33-14-19(34(27(40)43-29(30,31)32)41-15-16-7-5-4-6-8-16)11-12-20(33)25(38)44-35-23(36)21-17-9-10-18(13-17)22(21)24(35)37/h4-10,17-22H,11-15H2,1-3H3/t17?,18?,19-,20+,21?,22?/m1/s1. The maximum absolute atomic E-state index is 13.5. The first-order valence-electron chi connectivity index (χ1n) is 14.2. The zero-order valence-corrected chi connectivity index (χ0v) is 26.5. The van der Waals surface area contributed by atoms with Gasteiger partial charge in [-0.05, 0) is 92.2 Å². The number of amides is 4. The second kappa shape index (κ2) is 12.4. The average Bonchev–Trinajstić information content (AvgIpc) is 3.62. The third-order valence-corrected chi connectivity index (χ3v) is 8.23. The predicted octanol–water partition coefficient (Wildman–Crippen LogP) is 4.92. The van der Waals surface area contributed by atoms with Crippen LogP contribution in [0.4, 0.5) is 9.59 Å². The number of carbonyl (C=O) groups is 5. The fraction of sp³-hybridized carbons (Fsp3) is 0.552. The second-order valence-corrected chi connectivity index (χ2v) is 14.3. The minimum absolute atomic E-state index is 0.0507. The summed E-state index contributed by atoms with van der Waals surface area (Å²) in [5.41, 5.74) is -0.227. The summed E-state index contributed by atoms with van der Waals surface area (Å²) >= 11 is 17.1. The number of halogens is 3. The van der Waals surface area contributed by atoms with E-state index in [1.54, 1.807) is 45.0 Å². The van der Waals surface area contributed by atoms with E-state index < -0.39 is 63.5 Å². The summed E-state index contributed by atoms with van der Waals surface area (Å²) in [4.78, 5) is 78.4. The quantitative estimate of drug-likeness (QED) is 0.179. The molecule has 0 aromatic heterocycles. The van der Waals surface area contributed by atoms with Crippen molar-refractivity contribution >= 4 is 64.8 Å². The molecule has 4 aliphatic rings. The van der Waals surface area contributed by atoms with Crippen molar-refractivity contribution in [1.29, 1.82) is 0 Å². The average molecular weight is 673 g/mol. The molecular weight excluding hydrogens is 641 g/mol. The van der Waals surface area contributed by atoms with Crippen molar-refractivity contribution in [2.24, 2.45) is 23.7 Å². The molecule has 6 atom stereocenters. The summed E-state index contributed by atoms with van der Waals surface area (Å²) in [6.07, 6.45) is 2.59. The van der Waals surface area contributed by atoms with Crippen molar-refractivity contribution in [2.45, 2.75) is 68.3 Å². The van der Waals surface area contributed by atoms with Crippen LogP contribution in [0.25, 0.3) is 0 Å². The van der Waals surface area contributed by atoms with Gasteiger partial charge < -0.3 is 14.3 Å². The van der Waals surface area contributed by atoms with Gasteiger partial charge in [0.15, 0.2) is 0 Å². The van der Waals surface area contributed by atoms with E-state index in [1.165, 1.54) is 0 Å². The third-order valence-electron chi connectivity index (χ3n) is 8.00. The Bertz CT molecular complexity index is 1320. The van der Waals surface area contributed by atoms with Crippen molar-refractivity contribution in [3.63, 3.8) is 0 Å². The molecular formula is C29H32Cl3N3O9. The summed E-state index contributed by atoms with van der Waals surface area (Å²) in [5, 5.41) is 1.39. The maximum Gasteiger partial charge on any atom is 0.437 e. The van der Waals surface area contributed by atoms with Crippen LogP contribution in [0.3, 0.4) is 0 Å². The molecule has 44 heavy (non-hydrogen) atoms. The van der Waals surface area contributed by atoms with Gasteiger partial charge in [0.25, 0.3) is 11.8 Å². The highest BCUT2D eigenvalue weighted by atomic mass is 35.6. The predicted molar refractivity (Wildman–Crippen MR) is 155 cm³/mol. The van der Waals surface area contributed by atoms with E-state index in [1.807, 2.05) is 18.2 Å². The van der Waals surface area contributed by atoms with Gasteiger partial charge in [0.1, 0.15) is 18.2 Å². The van der Waals surface area contributed by atoms with Crippen molar-refractivity contribution in [2.75, 3.05) is 6.54 Å². The Kier molecular flexibility index (Phi) is 9.10. The molecule has 1 aromatic rings. The minimum atomic E-state index is -2.40. The van der Waals surface area contributed by atoms with Crippen LogP contribution in [0.2, 0.25) is 0 Å². The van der Waals surface area contributed by atoms with Gasteiger partial charge >= 0.3 is 22.1 Å². The normalized spacial score (nSPS) is 27.8. The lowest BCUT2D eigenvalue weighted by molar-refractivity contribution is -0.207. The van der Waals surface area contributed by atoms with Crippen LogP contribution in [0.5, 0.6) is 0 Å². The van der Waals surface area contributed by atoms with Crippen LogP contribution in [-0.4, -0.2) is 73.2 Å². The number of benzene rings is 1. The lowest BCUT2D eigenvalue weighted by Crippen LogP contribution is -2.59. The molecule has 2 heterocycles. The number of hydroxylamine groups is 4. The van der Waals surface area contributed by atoms with Gasteiger partial charge in [-0.15, -0.1) is 5.06 Å². The van der Waals surface area contributed by atoms with Crippen molar-refractivity contribution in [1.82, 2.24) is 15.0 Å². The number of piperidine rings is 1. The number of alkyl halides is 3. The first kappa shape index (κ1) is 32.3. The summed E-state index contributed by atoms with van der Waals surface area (Å²) in [6.45, 7) is 4.60. The molecule has 238 valence electrons. The summed E-state index contributed by atoms with van der Waals surface area (Å²) in [6, 6.07) is 6.80. The highest BCUT2D eigenvalue weighted by molar-refractivity contribution is 6.66. The Morgan fingerprint density at radius 3 is 2.11 bits per heavy atom. The number of hydrogen-bond donors (Lipinski definition) is 0. The van der Waals surface area contributed by atoms with Crippen LogP contribution in [0.1, 0.15) is 45.6 Å². The number of hydrogen-bond acceptors (Lipinski definition) is 9. The van der Waals surface area contributed by atoms with E-state index in [-0.39, 0.29) is 37.8 Å². The Balaban J connectivity index is 1.34. The van der Waals surface area contributed by atoms with E-state index in [0.29, 0.717) is 17.0 Å². The Hall–Kier alpha value is -3.06. The fourth-order valence-electron chi connectivity index (χ4n) is 6.20. The van der Waals surface area contributed by atoms with Gasteiger partial charge in [-0.2, -0.15) is 5.06 Å². The van der Waals surface area contributed by atoms with Crippen LogP contribution < -0.4 is 0 Å². The zero-order valence-electron chi connectivity index (χ0n) is 24.2. The van der Waals surface area contributed by atoms with E-state index in [4.69, 9.17) is 54.0 Å². The minimum Gasteiger partial charge on any atom is -0.444 e. The first-order chi connectivity index (χ1) is 20.6. The van der Waals surface area contributed by atoms with E-state index in [9.17, 15) is 24.0 Å². The number of ether oxygens (including phenoxy) is 2. The van der Waals surface area contributed by atoms with Gasteiger partial charge in [0.2, 0.25) is 0 Å². The molecule has 2 bridgehead atoms. The molecule has 5 rings (SSSR count). The van der Waals surface area contributed by atoms with Crippen molar-refractivity contribution < 1.29 is 43.1 Å². The first-order valence-corrected chi connectivity index (χ1v) is 15.3. The van der Waals surface area contributed by atoms with Crippen LogP contribution >= 0.6 is 34.8 Å². The Morgan fingerprint density at radius 1 is 0.932 bits per heavy atom. The van der Waals surface area contributed by atoms with Gasteiger partial charge in [-0.3, -0.25) is 19.3 Å². The number of carbonyl (C=O) groups excluding carboxylic acids is 5. The smallest absolute Gasteiger partial charge is 0.437 e. The van der Waals surface area contributed by atoms with Crippen molar-refractivity contribution in [3.8, 4) is 0 Å². The SMILES string of the molecule is CC(C)(C)OC(=O)N1C[C@H](N(OCc2ccccc2)C(=O)OC(Cl)(Cl)Cl)CC[C@H]1C(=O)ON1C(=O)C2C3C=CC(C3)C2C1=O. The summed E-state index contributed by atoms with van der Waals surface area (Å²) in [7, 11) is 0. The van der Waals surface area contributed by atoms with Gasteiger partial charge in [-0.25, -0.2) is 14.4 Å². The highest BCUT2D eigenvalue weighted by Gasteiger charge is 2.61. The Labute approximate surface area is 268 Å². The van der Waals surface area contributed by atoms with Crippen LogP contribution in [0, 0.1) is 23.7 Å². The highest BCUT2D eigenvalue weighted by Crippen LogP contribution is 2.52. The molecule has 2 aliphatic carbocycles. The molecule has 12 nitrogen and oxygen atoms in total. The molecule has 2 aliphatic heterocycles. The molecule has 0 N–H and O–H groups in total. The van der Waals surface area contributed by atoms with Crippen molar-refractivity contribution in [3.05, 3.63) is 48.0 Å². The lowest BCUT2D eigenvalue weighted by atomic mass is 9.85. The largest absolute Gasteiger partial charge is 0.444 e. The second-order valence-electron chi connectivity index (χ2n) is 12.2. The topological polar surface area (TPSA) is 132 Å². The molecule has 4 amide bonds. The van der Waals surface area contributed by atoms with Gasteiger partial charge in [-0.1, -0.05) is 42.5 Å². The lowest BCUT2D eigenvalue weighted by Gasteiger charge is -2.41. The summed E-state index contributed by atoms with van der Waals surface area (Å²) < 4.78 is 8.05. The number of nitrogens with zero attached hydrogens (tertiary/aromatic N) is 3. The molecule has 4 unspecified atom stereocenters. The maximum atomic E-state index is 13.5. The number of allylic oxidation sites excluding steroid dienone is 2. The molecule has 15 heteroatoms. The number of imide groups is 1. The number of fused-ring (bicyclic) bond motifs is 5. The zero-order chi connectivity index (χ0) is 32.0. The molecule has 0 radical (unpaired) electrons. The monoisotopic (exact) mass is 671 g/mol. The van der Waals surface area contributed by atoms with E-state index in [2.05, 4.69) is 0 Å². The number of rotatable bonds is 6. The fourth-order valence-corrected chi connectivity index (χ4v) is 6.39. The van der Waals surface area contributed by atoms with Gasteiger partial charge in [0, 0.05) is 6.54 Å². The van der Waals surface area contributed by atoms with Crippen LogP contribution in [-0.2, 0) is 40.1 Å². The van der Waals surface area contributed by atoms with E-state index in [0.717, 1.165) is 9.96 Å².